The number of hydrogen-bond acceptors (Lipinski definition) is 4. The van der Waals surface area contributed by atoms with Crippen LogP contribution in [0.2, 0.25) is 0 Å². The van der Waals surface area contributed by atoms with Gasteiger partial charge in [0.05, 0.1) is 0 Å². The second kappa shape index (κ2) is 6.00. The molecule has 0 bridgehead atoms. The van der Waals surface area contributed by atoms with Gasteiger partial charge in [0, 0.05) is 17.8 Å². The van der Waals surface area contributed by atoms with Crippen LogP contribution in [0.15, 0.2) is 18.2 Å². The topological polar surface area (TPSA) is 90.4 Å². The third kappa shape index (κ3) is 4.23. The van der Waals surface area contributed by atoms with Crippen LogP contribution in [0.4, 0.5) is 14.9 Å². The molecule has 1 rings (SSSR count). The van der Waals surface area contributed by atoms with Crippen LogP contribution in [0.3, 0.4) is 0 Å². The molecule has 0 radical (unpaired) electrons. The molecule has 0 fully saturated rings. The van der Waals surface area contributed by atoms with Crippen molar-refractivity contribution in [3.8, 4) is 0 Å². The smallest absolute Gasteiger partial charge is 0.404 e. The van der Waals surface area contributed by atoms with Crippen molar-refractivity contribution in [3.63, 3.8) is 0 Å². The predicted molar refractivity (Wildman–Crippen MR) is 66.3 cm³/mol. The first kappa shape index (κ1) is 13.2. The standard InChI is InChI=1S/C10H12FN3O2S/c11-6-1-2-8(7(5-6)9(12)17)14-3-4-16-10(13)15/h1-2,5,14H,3-4H2,(H2,12,17)(H2,13,15). The van der Waals surface area contributed by atoms with Crippen LogP contribution < -0.4 is 16.8 Å². The lowest BCUT2D eigenvalue weighted by molar-refractivity contribution is 0.161. The number of anilines is 1. The Labute approximate surface area is 103 Å². The first-order chi connectivity index (χ1) is 8.00. The molecule has 17 heavy (non-hydrogen) atoms. The van der Waals surface area contributed by atoms with Crippen molar-refractivity contribution >= 4 is 29.0 Å². The number of ether oxygens (including phenoxy) is 1. The molecule has 5 N–H and O–H groups in total. The van der Waals surface area contributed by atoms with Gasteiger partial charge in [-0.2, -0.15) is 0 Å². The fourth-order valence-corrected chi connectivity index (χ4v) is 1.38. The molecule has 7 heteroatoms. The average molecular weight is 257 g/mol. The maximum absolute atomic E-state index is 13.0. The number of nitrogens with one attached hydrogen (secondary N) is 1. The number of hydrogen-bond donors (Lipinski definition) is 3. The molecule has 0 aromatic heterocycles. The fourth-order valence-electron chi connectivity index (χ4n) is 1.21. The van der Waals surface area contributed by atoms with Crippen molar-refractivity contribution in [3.05, 3.63) is 29.6 Å². The van der Waals surface area contributed by atoms with Crippen LogP contribution in [0, 0.1) is 5.82 Å². The van der Waals surface area contributed by atoms with E-state index in [0.29, 0.717) is 17.8 Å². The van der Waals surface area contributed by atoms with Gasteiger partial charge in [-0.15, -0.1) is 0 Å². The van der Waals surface area contributed by atoms with Crippen LogP contribution in [0.25, 0.3) is 0 Å². The Hall–Kier alpha value is -1.89. The van der Waals surface area contributed by atoms with E-state index >= 15 is 0 Å². The molecule has 92 valence electrons. The van der Waals surface area contributed by atoms with E-state index in [-0.39, 0.29) is 11.6 Å². The third-order valence-corrected chi connectivity index (χ3v) is 2.13. The SMILES string of the molecule is NC(=O)OCCNc1ccc(F)cc1C(N)=S. The lowest BCUT2D eigenvalue weighted by Crippen LogP contribution is -2.20. The summed E-state index contributed by atoms with van der Waals surface area (Å²) in [5.41, 5.74) is 11.2. The van der Waals surface area contributed by atoms with Gasteiger partial charge in [-0.05, 0) is 18.2 Å². The minimum absolute atomic E-state index is 0.0859. The summed E-state index contributed by atoms with van der Waals surface area (Å²) in [5, 5.41) is 2.91. The molecule has 0 aliphatic carbocycles. The van der Waals surface area contributed by atoms with Crippen molar-refractivity contribution in [2.45, 2.75) is 0 Å². The Bertz CT molecular complexity index is 440. The van der Waals surface area contributed by atoms with Crippen LogP contribution in [-0.2, 0) is 4.74 Å². The van der Waals surface area contributed by atoms with Gasteiger partial charge in [0.25, 0.3) is 0 Å². The Morgan fingerprint density at radius 1 is 1.47 bits per heavy atom. The van der Waals surface area contributed by atoms with Crippen LogP contribution in [-0.4, -0.2) is 24.2 Å². The summed E-state index contributed by atoms with van der Waals surface area (Å²) in [6, 6.07) is 4.02. The van der Waals surface area contributed by atoms with Gasteiger partial charge in [-0.1, -0.05) is 12.2 Å². The Morgan fingerprint density at radius 3 is 2.76 bits per heavy atom. The van der Waals surface area contributed by atoms with Gasteiger partial charge in [-0.3, -0.25) is 0 Å². The normalized spacial score (nSPS) is 9.71. The van der Waals surface area contributed by atoms with E-state index in [0.717, 1.165) is 0 Å². The largest absolute Gasteiger partial charge is 0.448 e. The molecule has 0 heterocycles. The Kier molecular flexibility index (Phi) is 4.65. The van der Waals surface area contributed by atoms with E-state index in [1.807, 2.05) is 0 Å². The molecular formula is C10H12FN3O2S. The minimum Gasteiger partial charge on any atom is -0.448 e. The second-order valence-electron chi connectivity index (χ2n) is 3.15. The first-order valence-corrected chi connectivity index (χ1v) is 5.17. The summed E-state index contributed by atoms with van der Waals surface area (Å²) in [5.74, 6) is -0.424. The van der Waals surface area contributed by atoms with Gasteiger partial charge in [0.2, 0.25) is 0 Å². The number of benzene rings is 1. The summed E-state index contributed by atoms with van der Waals surface area (Å²) in [4.78, 5) is 10.4. The van der Waals surface area contributed by atoms with Gasteiger partial charge >= 0.3 is 6.09 Å². The van der Waals surface area contributed by atoms with Crippen molar-refractivity contribution in [2.75, 3.05) is 18.5 Å². The summed E-state index contributed by atoms with van der Waals surface area (Å²) in [6.45, 7) is 0.424. The molecule has 0 saturated carbocycles. The molecule has 1 amide bonds. The first-order valence-electron chi connectivity index (χ1n) is 4.76. The highest BCUT2D eigenvalue weighted by molar-refractivity contribution is 7.80. The number of carbonyl (C=O) groups excluding carboxylic acids is 1. The average Bonchev–Trinajstić information content (AvgIpc) is 2.25. The summed E-state index contributed by atoms with van der Waals surface area (Å²) in [6.07, 6.45) is -0.847. The summed E-state index contributed by atoms with van der Waals surface area (Å²) in [7, 11) is 0. The van der Waals surface area contributed by atoms with Crippen molar-refractivity contribution in [1.82, 2.24) is 0 Å². The van der Waals surface area contributed by atoms with Gasteiger partial charge in [0.15, 0.2) is 0 Å². The van der Waals surface area contributed by atoms with Gasteiger partial charge in [-0.25, -0.2) is 9.18 Å². The number of amides is 1. The van der Waals surface area contributed by atoms with Gasteiger partial charge < -0.3 is 21.5 Å². The third-order valence-electron chi connectivity index (χ3n) is 1.91. The van der Waals surface area contributed by atoms with E-state index in [2.05, 4.69) is 10.1 Å². The summed E-state index contributed by atoms with van der Waals surface area (Å²) < 4.78 is 17.5. The van der Waals surface area contributed by atoms with E-state index < -0.39 is 11.9 Å². The maximum Gasteiger partial charge on any atom is 0.404 e. The van der Waals surface area contributed by atoms with E-state index in [1.165, 1.54) is 18.2 Å². The molecule has 0 unspecified atom stereocenters. The second-order valence-corrected chi connectivity index (χ2v) is 3.59. The highest BCUT2D eigenvalue weighted by Crippen LogP contribution is 2.16. The van der Waals surface area contributed by atoms with Crippen molar-refractivity contribution in [1.29, 1.82) is 0 Å². The molecule has 1 aromatic rings. The van der Waals surface area contributed by atoms with E-state index in [9.17, 15) is 9.18 Å². The molecule has 1 aromatic carbocycles. The molecular weight excluding hydrogens is 245 g/mol. The number of carbonyl (C=O) groups is 1. The zero-order chi connectivity index (χ0) is 12.8. The minimum atomic E-state index is -0.847. The van der Waals surface area contributed by atoms with Crippen LogP contribution in [0.5, 0.6) is 0 Å². The molecule has 0 spiro atoms. The lowest BCUT2D eigenvalue weighted by atomic mass is 10.1. The van der Waals surface area contributed by atoms with E-state index in [4.69, 9.17) is 23.7 Å². The molecule has 0 saturated heterocycles. The van der Waals surface area contributed by atoms with Crippen LogP contribution in [0.1, 0.15) is 5.56 Å². The number of thiocarbonyl (C=S) groups is 1. The fraction of sp³-hybridized carbons (Fsp3) is 0.200. The van der Waals surface area contributed by atoms with Crippen LogP contribution >= 0.6 is 12.2 Å². The number of nitrogens with two attached hydrogens (primary N) is 2. The highest BCUT2D eigenvalue weighted by Gasteiger charge is 2.06. The van der Waals surface area contributed by atoms with E-state index in [1.54, 1.807) is 0 Å². The molecule has 0 atom stereocenters. The predicted octanol–water partition coefficient (Wildman–Crippen LogP) is 0.967. The van der Waals surface area contributed by atoms with Crippen molar-refractivity contribution in [2.24, 2.45) is 11.5 Å². The highest BCUT2D eigenvalue weighted by atomic mass is 32.1. The van der Waals surface area contributed by atoms with Crippen molar-refractivity contribution < 1.29 is 13.9 Å². The summed E-state index contributed by atoms with van der Waals surface area (Å²) >= 11 is 4.80. The Morgan fingerprint density at radius 2 is 2.18 bits per heavy atom. The number of primary amides is 1. The quantitative estimate of drug-likeness (QED) is 0.540. The number of halogens is 1. The monoisotopic (exact) mass is 257 g/mol. The van der Waals surface area contributed by atoms with Gasteiger partial charge in [0.1, 0.15) is 17.4 Å². The lowest BCUT2D eigenvalue weighted by Gasteiger charge is -2.11. The maximum atomic E-state index is 13.0. The Balaban J connectivity index is 2.64. The zero-order valence-electron chi connectivity index (χ0n) is 8.90. The molecule has 5 nitrogen and oxygen atoms in total. The molecule has 0 aliphatic rings. The number of rotatable bonds is 5. The molecule has 0 aliphatic heterocycles. The zero-order valence-corrected chi connectivity index (χ0v) is 9.72.